The van der Waals surface area contributed by atoms with Gasteiger partial charge < -0.3 is 4.74 Å². The minimum absolute atomic E-state index is 0.631. The lowest BCUT2D eigenvalue weighted by Crippen LogP contribution is -2.49. The number of morpholine rings is 1. The first-order valence-electron chi connectivity index (χ1n) is 5.51. The fraction of sp³-hybridized carbons (Fsp3) is 1.00. The molecule has 1 atom stereocenters. The average Bonchev–Trinajstić information content (AvgIpc) is 2.06. The van der Waals surface area contributed by atoms with Gasteiger partial charge in [0.2, 0.25) is 0 Å². The first-order chi connectivity index (χ1) is 6.20. The van der Waals surface area contributed by atoms with Crippen LogP contribution in [0.5, 0.6) is 0 Å². The Hall–Kier alpha value is -0.0800. The summed E-state index contributed by atoms with van der Waals surface area (Å²) in [6.45, 7) is 8.99. The van der Waals surface area contributed by atoms with Crippen molar-refractivity contribution in [2.45, 2.75) is 39.2 Å². The van der Waals surface area contributed by atoms with Gasteiger partial charge in [-0.25, -0.2) is 0 Å². The third-order valence-corrected chi connectivity index (χ3v) is 3.65. The summed E-state index contributed by atoms with van der Waals surface area (Å²) in [6.07, 6.45) is 4.30. The van der Waals surface area contributed by atoms with Crippen molar-refractivity contribution in [1.29, 1.82) is 0 Å². The van der Waals surface area contributed by atoms with E-state index >= 15 is 0 Å². The molecule has 1 saturated heterocycles. The number of rotatable bonds is 2. The molecular formula is C11H21NO. The largest absolute Gasteiger partial charge is 0.379 e. The first-order valence-corrected chi connectivity index (χ1v) is 5.51. The second-order valence-corrected chi connectivity index (χ2v) is 5.06. The van der Waals surface area contributed by atoms with Crippen LogP contribution in [-0.4, -0.2) is 37.2 Å². The Balaban J connectivity index is 1.85. The van der Waals surface area contributed by atoms with Gasteiger partial charge in [0.15, 0.2) is 0 Å². The quantitative estimate of drug-likeness (QED) is 0.648. The predicted molar refractivity (Wildman–Crippen MR) is 53.8 cm³/mol. The molecule has 2 aliphatic rings. The van der Waals surface area contributed by atoms with Crippen LogP contribution in [0.2, 0.25) is 0 Å². The van der Waals surface area contributed by atoms with Crippen molar-refractivity contribution >= 4 is 0 Å². The van der Waals surface area contributed by atoms with Gasteiger partial charge in [-0.1, -0.05) is 13.3 Å². The predicted octanol–water partition coefficient (Wildman–Crippen LogP) is 1.90. The van der Waals surface area contributed by atoms with Gasteiger partial charge in [-0.05, 0) is 25.2 Å². The van der Waals surface area contributed by atoms with Crippen molar-refractivity contribution in [3.05, 3.63) is 0 Å². The zero-order chi connectivity index (χ0) is 9.31. The monoisotopic (exact) mass is 183 g/mol. The Morgan fingerprint density at radius 2 is 2.23 bits per heavy atom. The number of hydrogen-bond donors (Lipinski definition) is 0. The zero-order valence-electron chi connectivity index (χ0n) is 8.88. The molecule has 0 unspecified atom stereocenters. The van der Waals surface area contributed by atoms with Gasteiger partial charge in [0, 0.05) is 19.1 Å². The summed E-state index contributed by atoms with van der Waals surface area (Å²) in [6, 6.07) is 0.631. The second-order valence-electron chi connectivity index (χ2n) is 5.06. The van der Waals surface area contributed by atoms with E-state index in [9.17, 15) is 0 Å². The molecule has 0 spiro atoms. The molecule has 0 bridgehead atoms. The van der Waals surface area contributed by atoms with Gasteiger partial charge in [-0.3, -0.25) is 4.90 Å². The van der Waals surface area contributed by atoms with E-state index in [1.807, 2.05) is 0 Å². The summed E-state index contributed by atoms with van der Waals surface area (Å²) in [5, 5.41) is 0. The lowest BCUT2D eigenvalue weighted by Gasteiger charge is -2.45. The van der Waals surface area contributed by atoms with Crippen LogP contribution in [0.25, 0.3) is 0 Å². The molecule has 2 rings (SSSR count). The summed E-state index contributed by atoms with van der Waals surface area (Å²) in [5.41, 5.74) is 0.631. The summed E-state index contributed by atoms with van der Waals surface area (Å²) >= 11 is 0. The number of nitrogens with zero attached hydrogens (tertiary/aromatic N) is 1. The van der Waals surface area contributed by atoms with E-state index in [-0.39, 0.29) is 0 Å². The van der Waals surface area contributed by atoms with Crippen molar-refractivity contribution in [2.75, 3.05) is 26.3 Å². The molecule has 2 fully saturated rings. The van der Waals surface area contributed by atoms with E-state index in [4.69, 9.17) is 4.74 Å². The minimum Gasteiger partial charge on any atom is -0.379 e. The molecule has 0 N–H and O–H groups in total. The highest BCUT2D eigenvalue weighted by molar-refractivity contribution is 4.88. The van der Waals surface area contributed by atoms with Crippen LogP contribution >= 0.6 is 0 Å². The van der Waals surface area contributed by atoms with Gasteiger partial charge in [0.1, 0.15) is 0 Å². The molecule has 13 heavy (non-hydrogen) atoms. The minimum atomic E-state index is 0.631. The fourth-order valence-corrected chi connectivity index (χ4v) is 2.43. The maximum Gasteiger partial charge on any atom is 0.0619 e. The normalized spacial score (nSPS) is 34.2. The van der Waals surface area contributed by atoms with E-state index < -0.39 is 0 Å². The van der Waals surface area contributed by atoms with Crippen molar-refractivity contribution in [3.8, 4) is 0 Å². The second kappa shape index (κ2) is 3.58. The highest BCUT2D eigenvalue weighted by Crippen LogP contribution is 2.41. The summed E-state index contributed by atoms with van der Waals surface area (Å²) < 4.78 is 5.44. The third-order valence-electron chi connectivity index (χ3n) is 3.65. The highest BCUT2D eigenvalue weighted by Gasteiger charge is 2.35. The molecule has 0 aromatic rings. The van der Waals surface area contributed by atoms with Crippen LogP contribution in [0.3, 0.4) is 0 Å². The Morgan fingerprint density at radius 1 is 1.46 bits per heavy atom. The van der Waals surface area contributed by atoms with Crippen LogP contribution in [0, 0.1) is 5.41 Å². The molecule has 1 heterocycles. The van der Waals surface area contributed by atoms with Crippen molar-refractivity contribution in [1.82, 2.24) is 4.90 Å². The smallest absolute Gasteiger partial charge is 0.0619 e. The van der Waals surface area contributed by atoms with Crippen molar-refractivity contribution < 1.29 is 4.74 Å². The topological polar surface area (TPSA) is 12.5 Å². The average molecular weight is 183 g/mol. The highest BCUT2D eigenvalue weighted by atomic mass is 16.5. The molecule has 0 amide bonds. The molecule has 76 valence electrons. The number of hydrogen-bond acceptors (Lipinski definition) is 2. The zero-order valence-corrected chi connectivity index (χ0v) is 8.88. The van der Waals surface area contributed by atoms with Gasteiger partial charge in [-0.2, -0.15) is 0 Å². The van der Waals surface area contributed by atoms with Gasteiger partial charge in [0.25, 0.3) is 0 Å². The SMILES string of the molecule is C[C@@H]1COCCN1CC1(C)CCC1. The molecule has 1 aliphatic heterocycles. The van der Waals surface area contributed by atoms with Gasteiger partial charge in [-0.15, -0.1) is 0 Å². The lowest BCUT2D eigenvalue weighted by molar-refractivity contribution is -0.0317. The Bertz CT molecular complexity index is 177. The van der Waals surface area contributed by atoms with E-state index in [1.165, 1.54) is 25.8 Å². The van der Waals surface area contributed by atoms with Crippen LogP contribution in [0.4, 0.5) is 0 Å². The van der Waals surface area contributed by atoms with Crippen LogP contribution in [0.1, 0.15) is 33.1 Å². The van der Waals surface area contributed by atoms with Crippen LogP contribution in [0.15, 0.2) is 0 Å². The van der Waals surface area contributed by atoms with Gasteiger partial charge >= 0.3 is 0 Å². The molecule has 0 radical (unpaired) electrons. The van der Waals surface area contributed by atoms with Crippen LogP contribution in [-0.2, 0) is 4.74 Å². The maximum atomic E-state index is 5.44. The molecule has 0 aromatic carbocycles. The number of ether oxygens (including phenoxy) is 1. The standard InChI is InChI=1S/C11H21NO/c1-10-8-13-7-6-12(10)9-11(2)4-3-5-11/h10H,3-9H2,1-2H3/t10-/m1/s1. The van der Waals surface area contributed by atoms with E-state index in [0.717, 1.165) is 19.8 Å². The molecular weight excluding hydrogens is 162 g/mol. The Morgan fingerprint density at radius 3 is 2.77 bits per heavy atom. The van der Waals surface area contributed by atoms with Gasteiger partial charge in [0.05, 0.1) is 13.2 Å². The molecule has 1 saturated carbocycles. The van der Waals surface area contributed by atoms with Crippen LogP contribution < -0.4 is 0 Å². The summed E-state index contributed by atoms with van der Waals surface area (Å²) in [4.78, 5) is 2.60. The maximum absolute atomic E-state index is 5.44. The third kappa shape index (κ3) is 2.05. The first kappa shape index (κ1) is 9.47. The van der Waals surface area contributed by atoms with Crippen molar-refractivity contribution in [3.63, 3.8) is 0 Å². The van der Waals surface area contributed by atoms with E-state index in [0.29, 0.717) is 11.5 Å². The molecule has 2 heteroatoms. The fourth-order valence-electron chi connectivity index (χ4n) is 2.43. The Labute approximate surface area is 81.3 Å². The van der Waals surface area contributed by atoms with E-state index in [2.05, 4.69) is 18.7 Å². The molecule has 1 aliphatic carbocycles. The summed E-state index contributed by atoms with van der Waals surface area (Å²) in [5.74, 6) is 0. The molecule has 0 aromatic heterocycles. The lowest BCUT2D eigenvalue weighted by atomic mass is 9.70. The molecule has 2 nitrogen and oxygen atoms in total. The van der Waals surface area contributed by atoms with E-state index in [1.54, 1.807) is 0 Å². The Kier molecular flexibility index (Phi) is 2.61. The summed E-state index contributed by atoms with van der Waals surface area (Å²) in [7, 11) is 0. The van der Waals surface area contributed by atoms with Crippen molar-refractivity contribution in [2.24, 2.45) is 5.41 Å².